The molecule has 0 bridgehead atoms. The maximum atomic E-state index is 3.80. The second-order valence-corrected chi connectivity index (χ2v) is 5.34. The van der Waals surface area contributed by atoms with E-state index in [0.29, 0.717) is 0 Å². The Kier molecular flexibility index (Phi) is 3.78. The summed E-state index contributed by atoms with van der Waals surface area (Å²) in [6, 6.07) is 1.49. The number of hydrogen-bond donors (Lipinski definition) is 1. The van der Waals surface area contributed by atoms with Crippen LogP contribution < -0.4 is 5.32 Å². The molecule has 1 heterocycles. The molecular formula is C12H25N. The molecule has 0 aromatic heterocycles. The van der Waals surface area contributed by atoms with Crippen molar-refractivity contribution in [1.82, 2.24) is 5.32 Å². The van der Waals surface area contributed by atoms with Gasteiger partial charge in [-0.05, 0) is 30.6 Å². The molecule has 13 heavy (non-hydrogen) atoms. The highest BCUT2D eigenvalue weighted by molar-refractivity contribution is 4.87. The van der Waals surface area contributed by atoms with E-state index in [0.717, 1.165) is 29.8 Å². The molecule has 1 saturated heterocycles. The molecule has 1 heteroatoms. The van der Waals surface area contributed by atoms with E-state index in [1.165, 1.54) is 12.8 Å². The highest BCUT2D eigenvalue weighted by Crippen LogP contribution is 2.26. The Morgan fingerprint density at radius 3 is 2.08 bits per heavy atom. The Bertz CT molecular complexity index is 151. The van der Waals surface area contributed by atoms with E-state index in [4.69, 9.17) is 0 Å². The third-order valence-corrected chi connectivity index (χ3v) is 3.48. The Hall–Kier alpha value is -0.0400. The van der Waals surface area contributed by atoms with Gasteiger partial charge in [0.15, 0.2) is 0 Å². The van der Waals surface area contributed by atoms with Crippen LogP contribution in [0.25, 0.3) is 0 Å². The lowest BCUT2D eigenvalue weighted by molar-refractivity contribution is 0.174. The molecule has 0 radical (unpaired) electrons. The van der Waals surface area contributed by atoms with E-state index < -0.39 is 0 Å². The van der Waals surface area contributed by atoms with Crippen LogP contribution in [0.4, 0.5) is 0 Å². The van der Waals surface area contributed by atoms with E-state index in [1.807, 2.05) is 0 Å². The van der Waals surface area contributed by atoms with Crippen molar-refractivity contribution in [2.45, 2.75) is 59.5 Å². The minimum atomic E-state index is 0.737. The summed E-state index contributed by atoms with van der Waals surface area (Å²) >= 11 is 0. The second kappa shape index (κ2) is 4.45. The second-order valence-electron chi connectivity index (χ2n) is 5.34. The predicted octanol–water partition coefficient (Wildman–Crippen LogP) is 3.06. The molecule has 1 aliphatic rings. The zero-order valence-corrected chi connectivity index (χ0v) is 9.80. The van der Waals surface area contributed by atoms with Gasteiger partial charge in [0.1, 0.15) is 0 Å². The van der Waals surface area contributed by atoms with Gasteiger partial charge >= 0.3 is 0 Å². The molecule has 1 nitrogen and oxygen atoms in total. The summed E-state index contributed by atoms with van der Waals surface area (Å²) in [7, 11) is 0. The van der Waals surface area contributed by atoms with Gasteiger partial charge < -0.3 is 5.32 Å². The molecule has 0 aromatic carbocycles. The van der Waals surface area contributed by atoms with Gasteiger partial charge in [0.05, 0.1) is 0 Å². The average molecular weight is 183 g/mol. The van der Waals surface area contributed by atoms with Crippen molar-refractivity contribution >= 4 is 0 Å². The van der Waals surface area contributed by atoms with Crippen molar-refractivity contribution in [3.63, 3.8) is 0 Å². The van der Waals surface area contributed by atoms with Crippen molar-refractivity contribution < 1.29 is 0 Å². The highest BCUT2D eigenvalue weighted by atomic mass is 15.0. The Labute approximate surface area is 83.3 Å². The summed E-state index contributed by atoms with van der Waals surface area (Å²) in [5.41, 5.74) is 0. The smallest absolute Gasteiger partial charge is 0.0118 e. The first kappa shape index (κ1) is 11.0. The van der Waals surface area contributed by atoms with Gasteiger partial charge in [0.2, 0.25) is 0 Å². The topological polar surface area (TPSA) is 12.0 Å². The van der Waals surface area contributed by atoms with Crippen molar-refractivity contribution in [3.05, 3.63) is 0 Å². The molecule has 0 saturated carbocycles. The average Bonchev–Trinajstić information content (AvgIpc) is 2.04. The molecule has 1 rings (SSSR count). The summed E-state index contributed by atoms with van der Waals surface area (Å²) in [5, 5.41) is 3.80. The quantitative estimate of drug-likeness (QED) is 0.694. The monoisotopic (exact) mass is 183 g/mol. The van der Waals surface area contributed by atoms with Gasteiger partial charge in [-0.3, -0.25) is 0 Å². The van der Waals surface area contributed by atoms with Gasteiger partial charge in [-0.15, -0.1) is 0 Å². The van der Waals surface area contributed by atoms with E-state index in [1.54, 1.807) is 0 Å². The Balaban J connectivity index is 2.53. The van der Waals surface area contributed by atoms with Crippen molar-refractivity contribution in [2.75, 3.05) is 0 Å². The van der Waals surface area contributed by atoms with Crippen molar-refractivity contribution in [3.8, 4) is 0 Å². The molecule has 78 valence electrons. The summed E-state index contributed by atoms with van der Waals surface area (Å²) in [6.45, 7) is 11.7. The standard InChI is InChI=1S/C12H25N/c1-8(2)11-7-6-10(5)12(13-11)9(3)4/h8-13H,6-7H2,1-5H3/t10-,11-,12+/m1/s1. The van der Waals surface area contributed by atoms with Gasteiger partial charge in [0.25, 0.3) is 0 Å². The lowest BCUT2D eigenvalue weighted by Gasteiger charge is -2.40. The molecule has 0 amide bonds. The van der Waals surface area contributed by atoms with Gasteiger partial charge in [0, 0.05) is 12.1 Å². The molecule has 1 aliphatic heterocycles. The number of nitrogens with one attached hydrogen (secondary N) is 1. The van der Waals surface area contributed by atoms with Crippen molar-refractivity contribution in [2.24, 2.45) is 17.8 Å². The normalized spacial score (nSPS) is 35.8. The van der Waals surface area contributed by atoms with E-state index in [-0.39, 0.29) is 0 Å². The van der Waals surface area contributed by atoms with Gasteiger partial charge in [-0.25, -0.2) is 0 Å². The molecule has 0 unspecified atom stereocenters. The fourth-order valence-corrected chi connectivity index (χ4v) is 2.49. The summed E-state index contributed by atoms with van der Waals surface area (Å²) < 4.78 is 0. The zero-order valence-electron chi connectivity index (χ0n) is 9.80. The lowest BCUT2D eigenvalue weighted by Crippen LogP contribution is -2.51. The third-order valence-electron chi connectivity index (χ3n) is 3.48. The fourth-order valence-electron chi connectivity index (χ4n) is 2.49. The highest BCUT2D eigenvalue weighted by Gasteiger charge is 2.29. The maximum Gasteiger partial charge on any atom is 0.0118 e. The van der Waals surface area contributed by atoms with Crippen LogP contribution in [-0.2, 0) is 0 Å². The van der Waals surface area contributed by atoms with Crippen LogP contribution in [0.1, 0.15) is 47.5 Å². The summed E-state index contributed by atoms with van der Waals surface area (Å²) in [6.07, 6.45) is 2.76. The first-order valence-electron chi connectivity index (χ1n) is 5.78. The number of rotatable bonds is 2. The van der Waals surface area contributed by atoms with Crippen LogP contribution in [-0.4, -0.2) is 12.1 Å². The number of piperidine rings is 1. The third kappa shape index (κ3) is 2.70. The Morgan fingerprint density at radius 1 is 1.00 bits per heavy atom. The molecule has 0 aromatic rings. The molecule has 1 N–H and O–H groups in total. The van der Waals surface area contributed by atoms with Gasteiger partial charge in [-0.1, -0.05) is 34.6 Å². The van der Waals surface area contributed by atoms with E-state index >= 15 is 0 Å². The van der Waals surface area contributed by atoms with E-state index in [2.05, 4.69) is 39.9 Å². The van der Waals surface area contributed by atoms with Crippen molar-refractivity contribution in [1.29, 1.82) is 0 Å². The fraction of sp³-hybridized carbons (Fsp3) is 1.00. The first-order valence-corrected chi connectivity index (χ1v) is 5.78. The largest absolute Gasteiger partial charge is 0.310 e. The summed E-state index contributed by atoms with van der Waals surface area (Å²) in [5.74, 6) is 2.42. The van der Waals surface area contributed by atoms with Crippen LogP contribution in [0, 0.1) is 17.8 Å². The van der Waals surface area contributed by atoms with Crippen LogP contribution in [0.2, 0.25) is 0 Å². The maximum absolute atomic E-state index is 3.80. The van der Waals surface area contributed by atoms with Crippen LogP contribution in [0.3, 0.4) is 0 Å². The van der Waals surface area contributed by atoms with Crippen LogP contribution >= 0.6 is 0 Å². The SMILES string of the molecule is CC(C)[C@H]1CC[C@@H](C)[C@H](C(C)C)N1. The van der Waals surface area contributed by atoms with Crippen LogP contribution in [0.5, 0.6) is 0 Å². The molecule has 3 atom stereocenters. The van der Waals surface area contributed by atoms with E-state index in [9.17, 15) is 0 Å². The molecule has 0 aliphatic carbocycles. The lowest BCUT2D eigenvalue weighted by atomic mass is 9.80. The minimum absolute atomic E-state index is 0.737. The van der Waals surface area contributed by atoms with Gasteiger partial charge in [-0.2, -0.15) is 0 Å². The summed E-state index contributed by atoms with van der Waals surface area (Å²) in [4.78, 5) is 0. The molecule has 1 fully saturated rings. The predicted molar refractivity (Wildman–Crippen MR) is 58.8 cm³/mol. The van der Waals surface area contributed by atoms with Crippen LogP contribution in [0.15, 0.2) is 0 Å². The molecular weight excluding hydrogens is 158 g/mol. The zero-order chi connectivity index (χ0) is 10.0. The molecule has 0 spiro atoms. The Morgan fingerprint density at radius 2 is 1.62 bits per heavy atom. The number of hydrogen-bond acceptors (Lipinski definition) is 1. The minimum Gasteiger partial charge on any atom is -0.310 e. The first-order chi connectivity index (χ1) is 6.02.